The molecule has 2 aliphatic rings. The predicted molar refractivity (Wildman–Crippen MR) is 140 cm³/mol. The summed E-state index contributed by atoms with van der Waals surface area (Å²) >= 11 is 0. The van der Waals surface area contributed by atoms with Gasteiger partial charge >= 0.3 is 6.09 Å². The van der Waals surface area contributed by atoms with Crippen LogP contribution < -0.4 is 26.0 Å². The van der Waals surface area contributed by atoms with Crippen molar-refractivity contribution in [2.75, 3.05) is 61.3 Å². The van der Waals surface area contributed by atoms with Gasteiger partial charge in [0, 0.05) is 64.0 Å². The van der Waals surface area contributed by atoms with Crippen LogP contribution in [-0.4, -0.2) is 83.6 Å². The second-order valence-electron chi connectivity index (χ2n) is 9.14. The third-order valence-electron chi connectivity index (χ3n) is 6.80. The monoisotopic (exact) mass is 507 g/mol. The van der Waals surface area contributed by atoms with Crippen molar-refractivity contribution in [1.29, 1.82) is 5.26 Å². The van der Waals surface area contributed by atoms with Gasteiger partial charge in [-0.05, 0) is 31.5 Å². The molecule has 0 bridgehead atoms. The molecule has 2 aromatic rings. The standard InChI is InChI=1S/C25H33N9O3/c1-3-32-10-12-34(13-11-32)20-4-5-21(22(14-20)37-24(27)36)30-25-28-16-18(15-26)23(31-25)29-19-6-8-33(9-7-19)17(2)35/h4-5,14,16,19H,3,6-13H2,1-2H3,(H2,27,36)(H2,28,29,30,31). The average molecular weight is 508 g/mol. The van der Waals surface area contributed by atoms with Crippen LogP contribution in [0.15, 0.2) is 24.4 Å². The van der Waals surface area contributed by atoms with Gasteiger partial charge in [-0.2, -0.15) is 10.2 Å². The fourth-order valence-corrected chi connectivity index (χ4v) is 4.61. The van der Waals surface area contributed by atoms with Crippen molar-refractivity contribution in [3.05, 3.63) is 30.0 Å². The van der Waals surface area contributed by atoms with E-state index in [0.29, 0.717) is 30.2 Å². The lowest BCUT2D eigenvalue weighted by molar-refractivity contribution is -0.129. The number of hydrogen-bond donors (Lipinski definition) is 3. The number of primary amides is 1. The van der Waals surface area contributed by atoms with Gasteiger partial charge in [0.25, 0.3) is 0 Å². The zero-order valence-corrected chi connectivity index (χ0v) is 21.2. The number of carbonyl (C=O) groups excluding carboxylic acids is 2. The second-order valence-corrected chi connectivity index (χ2v) is 9.14. The first kappa shape index (κ1) is 26.0. The molecule has 0 atom stereocenters. The minimum atomic E-state index is -0.920. The van der Waals surface area contributed by atoms with Crippen LogP contribution in [-0.2, 0) is 4.79 Å². The van der Waals surface area contributed by atoms with Gasteiger partial charge in [0.1, 0.15) is 17.5 Å². The number of anilines is 4. The lowest BCUT2D eigenvalue weighted by Crippen LogP contribution is -2.46. The number of likely N-dealkylation sites (N-methyl/N-ethyl adjacent to an activating group) is 1. The number of nitrogens with zero attached hydrogens (tertiary/aromatic N) is 6. The number of rotatable bonds is 7. The second kappa shape index (κ2) is 11.7. The number of likely N-dealkylation sites (tertiary alicyclic amines) is 1. The lowest BCUT2D eigenvalue weighted by Gasteiger charge is -2.35. The number of amides is 2. The molecule has 0 aliphatic carbocycles. The van der Waals surface area contributed by atoms with Crippen LogP contribution in [0.3, 0.4) is 0 Å². The van der Waals surface area contributed by atoms with E-state index in [-0.39, 0.29) is 23.6 Å². The zero-order chi connectivity index (χ0) is 26.4. The van der Waals surface area contributed by atoms with Gasteiger partial charge in [-0.1, -0.05) is 6.92 Å². The van der Waals surface area contributed by atoms with E-state index in [4.69, 9.17) is 10.5 Å². The van der Waals surface area contributed by atoms with E-state index in [9.17, 15) is 14.9 Å². The fraction of sp³-hybridized carbons (Fsp3) is 0.480. The Labute approximate surface area is 216 Å². The van der Waals surface area contributed by atoms with Crippen LogP contribution in [0.1, 0.15) is 32.3 Å². The molecule has 0 radical (unpaired) electrons. The molecular weight excluding hydrogens is 474 g/mol. The van der Waals surface area contributed by atoms with E-state index in [1.807, 2.05) is 11.0 Å². The summed E-state index contributed by atoms with van der Waals surface area (Å²) in [6.07, 6.45) is 2.03. The summed E-state index contributed by atoms with van der Waals surface area (Å²) in [6, 6.07) is 7.72. The Kier molecular flexibility index (Phi) is 8.25. The van der Waals surface area contributed by atoms with E-state index in [0.717, 1.165) is 51.3 Å². The average Bonchev–Trinajstić information content (AvgIpc) is 2.90. The van der Waals surface area contributed by atoms with Gasteiger partial charge < -0.3 is 35.8 Å². The molecule has 1 aromatic carbocycles. The number of carbonyl (C=O) groups is 2. The number of nitrogens with two attached hydrogens (primary N) is 1. The Morgan fingerprint density at radius 3 is 2.54 bits per heavy atom. The molecule has 0 unspecified atom stereocenters. The van der Waals surface area contributed by atoms with Crippen LogP contribution in [0.2, 0.25) is 0 Å². The zero-order valence-electron chi connectivity index (χ0n) is 21.2. The van der Waals surface area contributed by atoms with Crippen molar-refractivity contribution in [3.63, 3.8) is 0 Å². The molecule has 196 valence electrons. The fourth-order valence-electron chi connectivity index (χ4n) is 4.61. The number of piperazine rings is 1. The quantitative estimate of drug-likeness (QED) is 0.508. The number of nitrogens with one attached hydrogen (secondary N) is 2. The lowest BCUT2D eigenvalue weighted by atomic mass is 10.0. The van der Waals surface area contributed by atoms with Crippen molar-refractivity contribution < 1.29 is 14.3 Å². The highest BCUT2D eigenvalue weighted by atomic mass is 16.5. The summed E-state index contributed by atoms with van der Waals surface area (Å²) in [5.74, 6) is 0.972. The largest absolute Gasteiger partial charge is 0.410 e. The highest BCUT2D eigenvalue weighted by Gasteiger charge is 2.23. The Morgan fingerprint density at radius 1 is 1.19 bits per heavy atom. The first-order valence-corrected chi connectivity index (χ1v) is 12.5. The smallest absolute Gasteiger partial charge is 0.408 e. The third-order valence-corrected chi connectivity index (χ3v) is 6.80. The number of piperidine rings is 1. The van der Waals surface area contributed by atoms with Crippen molar-refractivity contribution in [2.45, 2.75) is 32.7 Å². The number of nitriles is 1. The molecule has 2 amide bonds. The Bertz CT molecular complexity index is 1170. The van der Waals surface area contributed by atoms with Crippen molar-refractivity contribution in [2.24, 2.45) is 5.73 Å². The summed E-state index contributed by atoms with van der Waals surface area (Å²) in [5, 5.41) is 16.0. The van der Waals surface area contributed by atoms with E-state index < -0.39 is 6.09 Å². The molecule has 12 nitrogen and oxygen atoms in total. The number of benzene rings is 1. The van der Waals surface area contributed by atoms with Crippen LogP contribution in [0.4, 0.5) is 27.9 Å². The maximum absolute atomic E-state index is 11.6. The van der Waals surface area contributed by atoms with E-state index in [1.54, 1.807) is 19.1 Å². The highest BCUT2D eigenvalue weighted by Crippen LogP contribution is 2.32. The Hall–Kier alpha value is -4.11. The van der Waals surface area contributed by atoms with Gasteiger partial charge in [0.15, 0.2) is 5.75 Å². The minimum absolute atomic E-state index is 0.0629. The molecule has 1 aromatic heterocycles. The van der Waals surface area contributed by atoms with Gasteiger partial charge in [0.05, 0.1) is 11.9 Å². The Balaban J connectivity index is 1.51. The number of hydrogen-bond acceptors (Lipinski definition) is 10. The summed E-state index contributed by atoms with van der Waals surface area (Å²) < 4.78 is 5.30. The summed E-state index contributed by atoms with van der Waals surface area (Å²) in [7, 11) is 0. The van der Waals surface area contributed by atoms with Gasteiger partial charge in [0.2, 0.25) is 11.9 Å². The molecule has 0 saturated carbocycles. The summed E-state index contributed by atoms with van der Waals surface area (Å²) in [6.45, 7) is 9.71. The molecule has 2 saturated heterocycles. The van der Waals surface area contributed by atoms with Crippen LogP contribution in [0.5, 0.6) is 5.75 Å². The highest BCUT2D eigenvalue weighted by molar-refractivity contribution is 5.76. The van der Waals surface area contributed by atoms with Gasteiger partial charge in [-0.25, -0.2) is 9.78 Å². The first-order chi connectivity index (χ1) is 17.9. The summed E-state index contributed by atoms with van der Waals surface area (Å²) in [5.41, 5.74) is 7.05. The van der Waals surface area contributed by atoms with Crippen LogP contribution in [0.25, 0.3) is 0 Å². The molecule has 12 heteroatoms. The molecule has 0 spiro atoms. The number of aromatic nitrogens is 2. The molecule has 2 aliphatic heterocycles. The molecule has 4 rings (SSSR count). The Morgan fingerprint density at radius 2 is 1.92 bits per heavy atom. The normalized spacial score (nSPS) is 16.7. The predicted octanol–water partition coefficient (Wildman–Crippen LogP) is 2.11. The number of ether oxygens (including phenoxy) is 1. The van der Waals surface area contributed by atoms with Crippen molar-refractivity contribution in [1.82, 2.24) is 19.8 Å². The first-order valence-electron chi connectivity index (χ1n) is 12.5. The molecule has 4 N–H and O–H groups in total. The van der Waals surface area contributed by atoms with Gasteiger partial charge in [-0.3, -0.25) is 4.79 Å². The minimum Gasteiger partial charge on any atom is -0.408 e. The third kappa shape index (κ3) is 6.56. The molecule has 37 heavy (non-hydrogen) atoms. The molecule has 3 heterocycles. The SMILES string of the molecule is CCN1CCN(c2ccc(Nc3ncc(C#N)c(NC4CCN(C(C)=O)CC4)n3)c(OC(N)=O)c2)CC1. The van der Waals surface area contributed by atoms with Gasteiger partial charge in [-0.15, -0.1) is 0 Å². The van der Waals surface area contributed by atoms with E-state index in [2.05, 4.69) is 43.4 Å². The van der Waals surface area contributed by atoms with Crippen LogP contribution in [0, 0.1) is 11.3 Å². The maximum Gasteiger partial charge on any atom is 0.410 e. The molecule has 2 fully saturated rings. The van der Waals surface area contributed by atoms with E-state index >= 15 is 0 Å². The molecular formula is C25H33N9O3. The van der Waals surface area contributed by atoms with E-state index in [1.165, 1.54) is 6.20 Å². The maximum atomic E-state index is 11.6. The topological polar surface area (TPSA) is 153 Å². The van der Waals surface area contributed by atoms with Crippen molar-refractivity contribution >= 4 is 35.1 Å². The van der Waals surface area contributed by atoms with Crippen molar-refractivity contribution in [3.8, 4) is 11.8 Å². The summed E-state index contributed by atoms with van der Waals surface area (Å²) in [4.78, 5) is 38.4. The van der Waals surface area contributed by atoms with Crippen LogP contribution >= 0.6 is 0 Å².